The molecule has 0 aliphatic carbocycles. The Morgan fingerprint density at radius 1 is 1.15 bits per heavy atom. The third-order valence-corrected chi connectivity index (χ3v) is 3.19. The lowest BCUT2D eigenvalue weighted by Crippen LogP contribution is -2.05. The zero-order chi connectivity index (χ0) is 14.4. The third kappa shape index (κ3) is 4.10. The lowest BCUT2D eigenvalue weighted by molar-refractivity contribution is 0.0472. The highest BCUT2D eigenvalue weighted by Crippen LogP contribution is 2.15. The van der Waals surface area contributed by atoms with Gasteiger partial charge in [-0.05, 0) is 48.9 Å². The highest BCUT2D eigenvalue weighted by Gasteiger charge is 2.07. The van der Waals surface area contributed by atoms with Crippen molar-refractivity contribution >= 4 is 21.9 Å². The van der Waals surface area contributed by atoms with Crippen molar-refractivity contribution in [3.63, 3.8) is 0 Å². The average Bonchev–Trinajstić information content (AvgIpc) is 2.46. The number of halogens is 1. The molecule has 0 heterocycles. The molecule has 0 atom stereocenters. The van der Waals surface area contributed by atoms with E-state index in [1.54, 1.807) is 12.1 Å². The molecule has 0 unspecified atom stereocenters. The number of rotatable bonds is 5. The predicted octanol–water partition coefficient (Wildman–Crippen LogP) is 4.20. The molecule has 0 saturated heterocycles. The molecule has 2 aromatic rings. The molecule has 0 aliphatic heterocycles. The molecule has 0 N–H and O–H groups in total. The molecular weight excluding hydrogens is 320 g/mol. The summed E-state index contributed by atoms with van der Waals surface area (Å²) in [7, 11) is 0. The van der Waals surface area contributed by atoms with Crippen molar-refractivity contribution in [2.24, 2.45) is 0 Å². The van der Waals surface area contributed by atoms with E-state index in [1.165, 1.54) is 0 Å². The smallest absolute Gasteiger partial charge is 0.338 e. The summed E-state index contributed by atoms with van der Waals surface area (Å²) >= 11 is 3.33. The van der Waals surface area contributed by atoms with E-state index in [9.17, 15) is 4.79 Å². The monoisotopic (exact) mass is 334 g/mol. The summed E-state index contributed by atoms with van der Waals surface area (Å²) in [5.74, 6) is 0.448. The molecule has 0 amide bonds. The minimum absolute atomic E-state index is 0.232. The van der Waals surface area contributed by atoms with Crippen molar-refractivity contribution in [1.29, 1.82) is 0 Å². The molecule has 0 fully saturated rings. The van der Waals surface area contributed by atoms with Crippen molar-refractivity contribution < 1.29 is 14.3 Å². The molecule has 0 radical (unpaired) electrons. The SMILES string of the molecule is CCOc1cccc(COC(=O)c2ccc(Br)cc2)c1. The van der Waals surface area contributed by atoms with E-state index >= 15 is 0 Å². The summed E-state index contributed by atoms with van der Waals surface area (Å²) in [4.78, 5) is 11.9. The number of carbonyl (C=O) groups is 1. The first-order chi connectivity index (χ1) is 9.69. The Kier molecular flexibility index (Phi) is 5.18. The van der Waals surface area contributed by atoms with E-state index in [2.05, 4.69) is 15.9 Å². The van der Waals surface area contributed by atoms with Gasteiger partial charge in [0.05, 0.1) is 12.2 Å². The number of benzene rings is 2. The van der Waals surface area contributed by atoms with Crippen LogP contribution in [-0.2, 0) is 11.3 Å². The standard InChI is InChI=1S/C16H15BrO3/c1-2-19-15-5-3-4-12(10-15)11-20-16(18)13-6-8-14(17)9-7-13/h3-10H,2,11H2,1H3. The van der Waals surface area contributed by atoms with Gasteiger partial charge in [-0.1, -0.05) is 28.1 Å². The van der Waals surface area contributed by atoms with Crippen LogP contribution >= 0.6 is 15.9 Å². The van der Waals surface area contributed by atoms with Gasteiger partial charge >= 0.3 is 5.97 Å². The summed E-state index contributed by atoms with van der Waals surface area (Å²) in [5.41, 5.74) is 1.44. The van der Waals surface area contributed by atoms with Gasteiger partial charge in [0.25, 0.3) is 0 Å². The molecule has 3 nitrogen and oxygen atoms in total. The molecule has 104 valence electrons. The van der Waals surface area contributed by atoms with E-state index in [4.69, 9.17) is 9.47 Å². The second-order valence-electron chi connectivity index (χ2n) is 4.16. The lowest BCUT2D eigenvalue weighted by Gasteiger charge is -2.07. The summed E-state index contributed by atoms with van der Waals surface area (Å²) in [6, 6.07) is 14.6. The first-order valence-corrected chi connectivity index (χ1v) is 7.13. The number of hydrogen-bond donors (Lipinski definition) is 0. The van der Waals surface area contributed by atoms with Crippen molar-refractivity contribution in [2.75, 3.05) is 6.61 Å². The molecule has 4 heteroatoms. The van der Waals surface area contributed by atoms with Gasteiger partial charge in [0.15, 0.2) is 0 Å². The Bertz CT molecular complexity index is 579. The predicted molar refractivity (Wildman–Crippen MR) is 80.9 cm³/mol. The molecule has 20 heavy (non-hydrogen) atoms. The summed E-state index contributed by atoms with van der Waals surface area (Å²) in [5, 5.41) is 0. The van der Waals surface area contributed by atoms with Crippen LogP contribution in [0.3, 0.4) is 0 Å². The van der Waals surface area contributed by atoms with Gasteiger partial charge in [-0.3, -0.25) is 0 Å². The second-order valence-corrected chi connectivity index (χ2v) is 5.08. The molecule has 0 bridgehead atoms. The van der Waals surface area contributed by atoms with Crippen LogP contribution in [0.2, 0.25) is 0 Å². The Morgan fingerprint density at radius 3 is 2.60 bits per heavy atom. The Hall–Kier alpha value is -1.81. The lowest BCUT2D eigenvalue weighted by atomic mass is 10.2. The molecule has 2 rings (SSSR count). The van der Waals surface area contributed by atoms with E-state index < -0.39 is 0 Å². The average molecular weight is 335 g/mol. The maximum Gasteiger partial charge on any atom is 0.338 e. The van der Waals surface area contributed by atoms with Crippen molar-refractivity contribution in [2.45, 2.75) is 13.5 Å². The molecular formula is C16H15BrO3. The zero-order valence-electron chi connectivity index (χ0n) is 11.1. The van der Waals surface area contributed by atoms with Crippen LogP contribution in [0.15, 0.2) is 53.0 Å². The maximum absolute atomic E-state index is 11.9. The fourth-order valence-corrected chi connectivity index (χ4v) is 1.97. The normalized spacial score (nSPS) is 10.1. The van der Waals surface area contributed by atoms with Crippen LogP contribution in [0.5, 0.6) is 5.75 Å². The van der Waals surface area contributed by atoms with Gasteiger partial charge in [0.1, 0.15) is 12.4 Å². The van der Waals surface area contributed by atoms with Gasteiger partial charge < -0.3 is 9.47 Å². The van der Waals surface area contributed by atoms with Crippen molar-refractivity contribution in [3.05, 3.63) is 64.1 Å². The van der Waals surface area contributed by atoms with Gasteiger partial charge in [-0.2, -0.15) is 0 Å². The number of hydrogen-bond acceptors (Lipinski definition) is 3. The van der Waals surface area contributed by atoms with Crippen LogP contribution in [0.4, 0.5) is 0 Å². The van der Waals surface area contributed by atoms with E-state index in [0.717, 1.165) is 15.8 Å². The number of ether oxygens (including phenoxy) is 2. The third-order valence-electron chi connectivity index (χ3n) is 2.66. The molecule has 0 aromatic heterocycles. The van der Waals surface area contributed by atoms with Crippen LogP contribution in [0.1, 0.15) is 22.8 Å². The highest BCUT2D eigenvalue weighted by atomic mass is 79.9. The quantitative estimate of drug-likeness (QED) is 0.768. The van der Waals surface area contributed by atoms with Crippen molar-refractivity contribution in [3.8, 4) is 5.75 Å². The number of carbonyl (C=O) groups excluding carboxylic acids is 1. The van der Waals surface area contributed by atoms with E-state index in [0.29, 0.717) is 12.2 Å². The molecule has 0 aliphatic rings. The summed E-state index contributed by atoms with van der Waals surface area (Å²) in [6.45, 7) is 2.78. The van der Waals surface area contributed by atoms with Crippen LogP contribution < -0.4 is 4.74 Å². The van der Waals surface area contributed by atoms with Crippen LogP contribution in [0.25, 0.3) is 0 Å². The first-order valence-electron chi connectivity index (χ1n) is 6.33. The van der Waals surface area contributed by atoms with Gasteiger partial charge in [-0.25, -0.2) is 4.79 Å². The Balaban J connectivity index is 1.96. The topological polar surface area (TPSA) is 35.5 Å². The molecule has 2 aromatic carbocycles. The van der Waals surface area contributed by atoms with Crippen LogP contribution in [0, 0.1) is 0 Å². The largest absolute Gasteiger partial charge is 0.494 e. The second kappa shape index (κ2) is 7.10. The van der Waals surface area contributed by atoms with Gasteiger partial charge in [0.2, 0.25) is 0 Å². The minimum atomic E-state index is -0.334. The van der Waals surface area contributed by atoms with Crippen molar-refractivity contribution in [1.82, 2.24) is 0 Å². The maximum atomic E-state index is 11.9. The first kappa shape index (κ1) is 14.6. The van der Waals surface area contributed by atoms with E-state index in [1.807, 2.05) is 43.3 Å². The zero-order valence-corrected chi connectivity index (χ0v) is 12.7. The fraction of sp³-hybridized carbons (Fsp3) is 0.188. The Labute approximate surface area is 126 Å². The van der Waals surface area contributed by atoms with Gasteiger partial charge in [0, 0.05) is 4.47 Å². The highest BCUT2D eigenvalue weighted by molar-refractivity contribution is 9.10. The molecule has 0 spiro atoms. The van der Waals surface area contributed by atoms with E-state index in [-0.39, 0.29) is 12.6 Å². The fourth-order valence-electron chi connectivity index (χ4n) is 1.71. The molecule has 0 saturated carbocycles. The van der Waals surface area contributed by atoms with Gasteiger partial charge in [-0.15, -0.1) is 0 Å². The Morgan fingerprint density at radius 2 is 1.90 bits per heavy atom. The van der Waals surface area contributed by atoms with Crippen LogP contribution in [-0.4, -0.2) is 12.6 Å². The number of esters is 1. The summed E-state index contributed by atoms with van der Waals surface area (Å²) in [6.07, 6.45) is 0. The summed E-state index contributed by atoms with van der Waals surface area (Å²) < 4.78 is 11.6. The minimum Gasteiger partial charge on any atom is -0.494 e.